The molecule has 2 aromatic carbocycles. The van der Waals surface area contributed by atoms with Gasteiger partial charge in [0.25, 0.3) is 0 Å². The standard InChI is InChI=1S/C20H21N3O2S/c1-13(20-22-17-6-4-5-7-18(17)26-20)23(3)19(25)12-15-8-10-16(11-9-15)21-14(2)24/h4-11,13H,12H2,1-3H3,(H,21,24)/t13-/m1/s1. The predicted molar refractivity (Wildman–Crippen MR) is 105 cm³/mol. The smallest absolute Gasteiger partial charge is 0.227 e. The fourth-order valence-corrected chi connectivity index (χ4v) is 3.72. The number of nitrogens with one attached hydrogen (secondary N) is 1. The van der Waals surface area contributed by atoms with E-state index < -0.39 is 0 Å². The fourth-order valence-electron chi connectivity index (χ4n) is 2.66. The number of carbonyl (C=O) groups is 2. The summed E-state index contributed by atoms with van der Waals surface area (Å²) in [4.78, 5) is 30.1. The topological polar surface area (TPSA) is 62.3 Å². The maximum absolute atomic E-state index is 12.6. The lowest BCUT2D eigenvalue weighted by molar-refractivity contribution is -0.131. The van der Waals surface area contributed by atoms with Crippen LogP contribution < -0.4 is 5.32 Å². The molecule has 2 amide bonds. The largest absolute Gasteiger partial charge is 0.336 e. The molecule has 0 aliphatic heterocycles. The monoisotopic (exact) mass is 367 g/mol. The molecule has 0 spiro atoms. The maximum atomic E-state index is 12.6. The highest BCUT2D eigenvalue weighted by Crippen LogP contribution is 2.29. The normalized spacial score (nSPS) is 12.0. The third-order valence-electron chi connectivity index (χ3n) is 4.27. The number of nitrogens with zero attached hydrogens (tertiary/aromatic N) is 2. The van der Waals surface area contributed by atoms with Gasteiger partial charge in [-0.1, -0.05) is 24.3 Å². The number of likely N-dealkylation sites (N-methyl/N-ethyl adjacent to an activating group) is 1. The van der Waals surface area contributed by atoms with E-state index >= 15 is 0 Å². The Balaban J connectivity index is 1.67. The first kappa shape index (κ1) is 18.1. The summed E-state index contributed by atoms with van der Waals surface area (Å²) < 4.78 is 1.13. The number of hydrogen-bond acceptors (Lipinski definition) is 4. The summed E-state index contributed by atoms with van der Waals surface area (Å²) in [7, 11) is 1.81. The molecule has 0 aliphatic rings. The molecule has 1 aromatic heterocycles. The van der Waals surface area contributed by atoms with Crippen molar-refractivity contribution in [3.63, 3.8) is 0 Å². The molecular formula is C20H21N3O2S. The van der Waals surface area contributed by atoms with Crippen molar-refractivity contribution in [2.45, 2.75) is 26.3 Å². The van der Waals surface area contributed by atoms with E-state index in [-0.39, 0.29) is 17.9 Å². The van der Waals surface area contributed by atoms with Crippen LogP contribution in [0, 0.1) is 0 Å². The summed E-state index contributed by atoms with van der Waals surface area (Å²) in [6.07, 6.45) is 0.312. The zero-order valence-electron chi connectivity index (χ0n) is 15.0. The van der Waals surface area contributed by atoms with Gasteiger partial charge in [0.2, 0.25) is 11.8 Å². The first-order valence-corrected chi connectivity index (χ1v) is 9.23. The van der Waals surface area contributed by atoms with Gasteiger partial charge in [0.1, 0.15) is 5.01 Å². The Labute approximate surface area is 156 Å². The van der Waals surface area contributed by atoms with Gasteiger partial charge in [-0.2, -0.15) is 0 Å². The summed E-state index contributed by atoms with van der Waals surface area (Å²) >= 11 is 1.62. The van der Waals surface area contributed by atoms with Crippen LogP contribution in [-0.4, -0.2) is 28.7 Å². The van der Waals surface area contributed by atoms with Gasteiger partial charge in [0.05, 0.1) is 22.7 Å². The summed E-state index contributed by atoms with van der Waals surface area (Å²) in [5, 5.41) is 3.65. The molecular weight excluding hydrogens is 346 g/mol. The fraction of sp³-hybridized carbons (Fsp3) is 0.250. The van der Waals surface area contributed by atoms with Crippen LogP contribution in [0.25, 0.3) is 10.2 Å². The van der Waals surface area contributed by atoms with Crippen molar-refractivity contribution < 1.29 is 9.59 Å². The Morgan fingerprint density at radius 2 is 1.85 bits per heavy atom. The third-order valence-corrected chi connectivity index (χ3v) is 5.48. The van der Waals surface area contributed by atoms with E-state index in [9.17, 15) is 9.59 Å². The predicted octanol–water partition coefficient (Wildman–Crippen LogP) is 4.02. The number of carbonyl (C=O) groups excluding carboxylic acids is 2. The minimum Gasteiger partial charge on any atom is -0.336 e. The number of anilines is 1. The van der Waals surface area contributed by atoms with Crippen molar-refractivity contribution >= 4 is 39.1 Å². The molecule has 0 saturated heterocycles. The van der Waals surface area contributed by atoms with Gasteiger partial charge in [-0.15, -0.1) is 11.3 Å². The number of fused-ring (bicyclic) bond motifs is 1. The molecule has 0 aliphatic carbocycles. The molecule has 5 nitrogen and oxygen atoms in total. The van der Waals surface area contributed by atoms with Crippen molar-refractivity contribution in [2.24, 2.45) is 0 Å². The van der Waals surface area contributed by atoms with Crippen molar-refractivity contribution in [2.75, 3.05) is 12.4 Å². The Kier molecular flexibility index (Phi) is 5.32. The number of thiazole rings is 1. The Morgan fingerprint density at radius 3 is 2.50 bits per heavy atom. The molecule has 3 aromatic rings. The molecule has 0 saturated carbocycles. The molecule has 134 valence electrons. The van der Waals surface area contributed by atoms with Crippen LogP contribution in [0.1, 0.15) is 30.5 Å². The van der Waals surface area contributed by atoms with Crippen molar-refractivity contribution in [1.82, 2.24) is 9.88 Å². The van der Waals surface area contributed by atoms with E-state index in [2.05, 4.69) is 10.3 Å². The lowest BCUT2D eigenvalue weighted by Gasteiger charge is -2.23. The van der Waals surface area contributed by atoms with Gasteiger partial charge in [0, 0.05) is 19.7 Å². The van der Waals surface area contributed by atoms with Crippen LogP contribution in [0.15, 0.2) is 48.5 Å². The minimum absolute atomic E-state index is 0.0315. The molecule has 0 bridgehead atoms. The molecule has 1 heterocycles. The summed E-state index contributed by atoms with van der Waals surface area (Å²) in [5.74, 6) is -0.0812. The van der Waals surface area contributed by atoms with E-state index in [4.69, 9.17) is 0 Å². The lowest BCUT2D eigenvalue weighted by Crippen LogP contribution is -2.30. The number of hydrogen-bond donors (Lipinski definition) is 1. The minimum atomic E-state index is -0.113. The summed E-state index contributed by atoms with van der Waals surface area (Å²) in [5.41, 5.74) is 2.60. The van der Waals surface area contributed by atoms with Gasteiger partial charge in [-0.05, 0) is 36.8 Å². The second kappa shape index (κ2) is 7.66. The van der Waals surface area contributed by atoms with E-state index in [1.54, 1.807) is 28.4 Å². The van der Waals surface area contributed by atoms with E-state index in [0.29, 0.717) is 6.42 Å². The number of benzene rings is 2. The number of amides is 2. The second-order valence-electron chi connectivity index (χ2n) is 6.26. The Morgan fingerprint density at radius 1 is 1.15 bits per heavy atom. The van der Waals surface area contributed by atoms with Crippen molar-refractivity contribution in [1.29, 1.82) is 0 Å². The number of para-hydroxylation sites is 1. The van der Waals surface area contributed by atoms with Crippen LogP contribution in [0.2, 0.25) is 0 Å². The highest BCUT2D eigenvalue weighted by atomic mass is 32.1. The molecule has 3 rings (SSSR count). The van der Waals surface area contributed by atoms with E-state index in [1.807, 2.05) is 50.4 Å². The maximum Gasteiger partial charge on any atom is 0.227 e. The Bertz CT molecular complexity index is 901. The molecule has 1 atom stereocenters. The first-order chi connectivity index (χ1) is 12.4. The van der Waals surface area contributed by atoms with Crippen LogP contribution in [-0.2, 0) is 16.0 Å². The summed E-state index contributed by atoms with van der Waals surface area (Å²) in [6.45, 7) is 3.46. The molecule has 6 heteroatoms. The van der Waals surface area contributed by atoms with Gasteiger partial charge >= 0.3 is 0 Å². The van der Waals surface area contributed by atoms with Crippen molar-refractivity contribution in [3.05, 3.63) is 59.1 Å². The average Bonchev–Trinajstić information content (AvgIpc) is 3.05. The SMILES string of the molecule is CC(=O)Nc1ccc(CC(=O)N(C)[C@H](C)c2nc3ccccc3s2)cc1. The highest BCUT2D eigenvalue weighted by Gasteiger charge is 2.20. The Hall–Kier alpha value is -2.73. The van der Waals surface area contributed by atoms with Gasteiger partial charge in [-0.3, -0.25) is 9.59 Å². The van der Waals surface area contributed by atoms with Crippen LogP contribution in [0.4, 0.5) is 5.69 Å². The molecule has 0 fully saturated rings. The van der Waals surface area contributed by atoms with Crippen LogP contribution in [0.3, 0.4) is 0 Å². The first-order valence-electron chi connectivity index (χ1n) is 8.41. The molecule has 1 N–H and O–H groups in total. The third kappa shape index (κ3) is 4.08. The van der Waals surface area contributed by atoms with Crippen LogP contribution in [0.5, 0.6) is 0 Å². The van der Waals surface area contributed by atoms with Crippen molar-refractivity contribution in [3.8, 4) is 0 Å². The van der Waals surface area contributed by atoms with Gasteiger partial charge in [-0.25, -0.2) is 4.98 Å². The second-order valence-corrected chi connectivity index (χ2v) is 7.32. The zero-order valence-corrected chi connectivity index (χ0v) is 15.8. The zero-order chi connectivity index (χ0) is 18.7. The highest BCUT2D eigenvalue weighted by molar-refractivity contribution is 7.18. The molecule has 0 radical (unpaired) electrons. The van der Waals surface area contributed by atoms with E-state index in [1.165, 1.54) is 6.92 Å². The molecule has 26 heavy (non-hydrogen) atoms. The quantitative estimate of drug-likeness (QED) is 0.741. The number of rotatable bonds is 5. The average molecular weight is 367 g/mol. The summed E-state index contributed by atoms with van der Waals surface area (Å²) in [6, 6.07) is 15.2. The van der Waals surface area contributed by atoms with Gasteiger partial charge < -0.3 is 10.2 Å². The molecule has 0 unspecified atom stereocenters. The van der Waals surface area contributed by atoms with Crippen LogP contribution >= 0.6 is 11.3 Å². The van der Waals surface area contributed by atoms with Gasteiger partial charge in [0.15, 0.2) is 0 Å². The number of aromatic nitrogens is 1. The van der Waals surface area contributed by atoms with E-state index in [0.717, 1.165) is 26.5 Å². The lowest BCUT2D eigenvalue weighted by atomic mass is 10.1.